The molecule has 1 amide bonds. The van der Waals surface area contributed by atoms with Crippen LogP contribution in [-0.2, 0) is 12.8 Å². The summed E-state index contributed by atoms with van der Waals surface area (Å²) in [6, 6.07) is 2.08. The molecule has 0 aromatic carbocycles. The third-order valence-corrected chi connectivity index (χ3v) is 4.88. The van der Waals surface area contributed by atoms with Gasteiger partial charge in [0.2, 0.25) is 0 Å². The minimum Gasteiger partial charge on any atom is -0.391 e. The van der Waals surface area contributed by atoms with Crippen LogP contribution in [0.4, 0.5) is 0 Å². The van der Waals surface area contributed by atoms with Crippen LogP contribution in [0, 0.1) is 0 Å². The molecule has 1 atom stereocenters. The van der Waals surface area contributed by atoms with Crippen LogP contribution in [0.15, 0.2) is 6.07 Å². The largest absolute Gasteiger partial charge is 0.391 e. The second-order valence-corrected chi connectivity index (χ2v) is 6.10. The van der Waals surface area contributed by atoms with Gasteiger partial charge in [0.25, 0.3) is 5.91 Å². The number of fused-ring (bicyclic) bond motifs is 1. The van der Waals surface area contributed by atoms with E-state index in [4.69, 9.17) is 0 Å². The molecule has 2 aliphatic rings. The average Bonchev–Trinajstić information content (AvgIpc) is 2.93. The second-order valence-electron chi connectivity index (χ2n) is 4.96. The fourth-order valence-corrected chi connectivity index (χ4v) is 3.90. The highest BCUT2D eigenvalue weighted by atomic mass is 32.1. The number of carbonyl (C=O) groups excluding carboxylic acids is 1. The van der Waals surface area contributed by atoms with Crippen LogP contribution in [0.3, 0.4) is 0 Å². The number of aliphatic hydroxyl groups is 1. The van der Waals surface area contributed by atoms with E-state index in [-0.39, 0.29) is 12.0 Å². The predicted octanol–water partition coefficient (Wildman–Crippen LogP) is 1.83. The van der Waals surface area contributed by atoms with Gasteiger partial charge in [-0.2, -0.15) is 0 Å². The zero-order chi connectivity index (χ0) is 11.8. The van der Waals surface area contributed by atoms with Crippen molar-refractivity contribution >= 4 is 17.2 Å². The van der Waals surface area contributed by atoms with E-state index < -0.39 is 0 Å². The van der Waals surface area contributed by atoms with Gasteiger partial charge in [-0.25, -0.2) is 0 Å². The van der Waals surface area contributed by atoms with Crippen molar-refractivity contribution in [1.29, 1.82) is 0 Å². The quantitative estimate of drug-likeness (QED) is 0.827. The Morgan fingerprint density at radius 2 is 2.24 bits per heavy atom. The van der Waals surface area contributed by atoms with Crippen LogP contribution < -0.4 is 0 Å². The van der Waals surface area contributed by atoms with Crippen LogP contribution in [0.1, 0.15) is 39.4 Å². The van der Waals surface area contributed by atoms with Crippen LogP contribution >= 0.6 is 11.3 Å². The Balaban J connectivity index is 1.79. The molecule has 4 heteroatoms. The van der Waals surface area contributed by atoms with E-state index in [9.17, 15) is 9.90 Å². The third-order valence-electron chi connectivity index (χ3n) is 3.66. The number of carbonyl (C=O) groups is 1. The molecular formula is C13H17NO2S. The summed E-state index contributed by atoms with van der Waals surface area (Å²) in [5, 5.41) is 9.47. The summed E-state index contributed by atoms with van der Waals surface area (Å²) in [7, 11) is 0. The summed E-state index contributed by atoms with van der Waals surface area (Å²) in [5.74, 6) is 0.112. The monoisotopic (exact) mass is 251 g/mol. The number of aliphatic hydroxyl groups excluding tert-OH is 1. The summed E-state index contributed by atoms with van der Waals surface area (Å²) < 4.78 is 0. The van der Waals surface area contributed by atoms with Gasteiger partial charge in [-0.05, 0) is 43.7 Å². The van der Waals surface area contributed by atoms with Crippen LogP contribution in [0.25, 0.3) is 0 Å². The maximum absolute atomic E-state index is 12.2. The van der Waals surface area contributed by atoms with Crippen molar-refractivity contribution in [2.75, 3.05) is 13.1 Å². The minimum atomic E-state index is -0.325. The van der Waals surface area contributed by atoms with E-state index >= 15 is 0 Å². The van der Waals surface area contributed by atoms with Gasteiger partial charge in [0, 0.05) is 18.0 Å². The average molecular weight is 251 g/mol. The number of amides is 1. The van der Waals surface area contributed by atoms with Crippen molar-refractivity contribution in [1.82, 2.24) is 4.90 Å². The van der Waals surface area contributed by atoms with Crippen LogP contribution in [0.2, 0.25) is 0 Å². The first-order valence-corrected chi connectivity index (χ1v) is 7.14. The first-order chi connectivity index (χ1) is 8.24. The molecule has 0 radical (unpaired) electrons. The Kier molecular flexibility index (Phi) is 2.92. The van der Waals surface area contributed by atoms with E-state index in [1.165, 1.54) is 23.3 Å². The summed E-state index contributed by atoms with van der Waals surface area (Å²) >= 11 is 1.66. The first-order valence-electron chi connectivity index (χ1n) is 6.33. The molecule has 3 rings (SSSR count). The lowest BCUT2D eigenvalue weighted by Crippen LogP contribution is -2.28. The number of nitrogens with zero attached hydrogens (tertiary/aromatic N) is 1. The fourth-order valence-electron chi connectivity index (χ4n) is 2.68. The molecule has 92 valence electrons. The van der Waals surface area contributed by atoms with Crippen molar-refractivity contribution in [3.05, 3.63) is 21.4 Å². The fraction of sp³-hybridized carbons (Fsp3) is 0.615. The Hall–Kier alpha value is -0.870. The predicted molar refractivity (Wildman–Crippen MR) is 67.5 cm³/mol. The molecule has 1 aromatic rings. The smallest absolute Gasteiger partial charge is 0.264 e. The van der Waals surface area contributed by atoms with Crippen LogP contribution in [-0.4, -0.2) is 35.1 Å². The Labute approximate surface area is 105 Å². The lowest BCUT2D eigenvalue weighted by molar-refractivity contribution is 0.0769. The number of rotatable bonds is 1. The highest BCUT2D eigenvalue weighted by Gasteiger charge is 2.27. The number of hydrogen-bond acceptors (Lipinski definition) is 3. The SMILES string of the molecule is O=C(c1cc2c(s1)CCCC2)N1CC[C@H](O)C1. The van der Waals surface area contributed by atoms with Gasteiger partial charge in [-0.1, -0.05) is 0 Å². The van der Waals surface area contributed by atoms with Crippen molar-refractivity contribution in [2.45, 2.75) is 38.2 Å². The minimum absolute atomic E-state index is 0.112. The van der Waals surface area contributed by atoms with Crippen molar-refractivity contribution in [3.8, 4) is 0 Å². The molecule has 1 fully saturated rings. The van der Waals surface area contributed by atoms with E-state index in [1.807, 2.05) is 0 Å². The number of likely N-dealkylation sites (tertiary alicyclic amines) is 1. The van der Waals surface area contributed by atoms with E-state index in [1.54, 1.807) is 16.2 Å². The van der Waals surface area contributed by atoms with Gasteiger partial charge < -0.3 is 10.0 Å². The van der Waals surface area contributed by atoms with Gasteiger partial charge in [0.1, 0.15) is 0 Å². The van der Waals surface area contributed by atoms with Crippen molar-refractivity contribution in [2.24, 2.45) is 0 Å². The Bertz CT molecular complexity index is 417. The van der Waals surface area contributed by atoms with Gasteiger partial charge in [0.15, 0.2) is 0 Å². The summed E-state index contributed by atoms with van der Waals surface area (Å²) in [6.07, 6.45) is 5.16. The van der Waals surface area contributed by atoms with Gasteiger partial charge >= 0.3 is 0 Å². The van der Waals surface area contributed by atoms with Gasteiger partial charge in [0.05, 0.1) is 11.0 Å². The van der Waals surface area contributed by atoms with Gasteiger partial charge in [-0.3, -0.25) is 4.79 Å². The lowest BCUT2D eigenvalue weighted by Gasteiger charge is -2.13. The van der Waals surface area contributed by atoms with Gasteiger partial charge in [-0.15, -0.1) is 11.3 Å². The molecule has 0 saturated carbocycles. The molecule has 1 aliphatic carbocycles. The number of hydrogen-bond donors (Lipinski definition) is 1. The Morgan fingerprint density at radius 3 is 2.94 bits per heavy atom. The molecule has 1 aromatic heterocycles. The zero-order valence-electron chi connectivity index (χ0n) is 9.82. The highest BCUT2D eigenvalue weighted by Crippen LogP contribution is 2.30. The van der Waals surface area contributed by atoms with E-state index in [0.29, 0.717) is 13.1 Å². The third kappa shape index (κ3) is 2.11. The molecule has 0 spiro atoms. The molecule has 1 aliphatic heterocycles. The van der Waals surface area contributed by atoms with Crippen molar-refractivity contribution < 1.29 is 9.90 Å². The molecular weight excluding hydrogens is 234 g/mol. The number of aryl methyl sites for hydroxylation is 2. The molecule has 0 bridgehead atoms. The molecule has 2 heterocycles. The second kappa shape index (κ2) is 4.42. The Morgan fingerprint density at radius 1 is 1.41 bits per heavy atom. The summed E-state index contributed by atoms with van der Waals surface area (Å²) in [5.41, 5.74) is 1.38. The van der Waals surface area contributed by atoms with E-state index in [0.717, 1.165) is 24.1 Å². The topological polar surface area (TPSA) is 40.5 Å². The molecule has 0 unspecified atom stereocenters. The summed E-state index contributed by atoms with van der Waals surface area (Å²) in [6.45, 7) is 1.20. The molecule has 1 N–H and O–H groups in total. The first kappa shape index (κ1) is 11.2. The maximum atomic E-state index is 12.2. The molecule has 3 nitrogen and oxygen atoms in total. The zero-order valence-corrected chi connectivity index (χ0v) is 10.6. The van der Waals surface area contributed by atoms with Crippen LogP contribution in [0.5, 0.6) is 0 Å². The highest BCUT2D eigenvalue weighted by molar-refractivity contribution is 7.14. The van der Waals surface area contributed by atoms with E-state index in [2.05, 4.69) is 6.07 Å². The normalized spacial score (nSPS) is 23.8. The number of thiophene rings is 1. The lowest BCUT2D eigenvalue weighted by atomic mass is 9.99. The summed E-state index contributed by atoms with van der Waals surface area (Å²) in [4.78, 5) is 16.3. The van der Waals surface area contributed by atoms with Crippen molar-refractivity contribution in [3.63, 3.8) is 0 Å². The maximum Gasteiger partial charge on any atom is 0.264 e. The standard InChI is InChI=1S/C13H17NO2S/c15-10-5-6-14(8-10)13(16)12-7-9-3-1-2-4-11(9)17-12/h7,10,15H,1-6,8H2/t10-/m0/s1. The molecule has 17 heavy (non-hydrogen) atoms. The number of β-amino-alcohol motifs (C(OH)–C–C–N with tert-alkyl or cyclic N) is 1. The molecule has 1 saturated heterocycles.